The molecule has 2 saturated heterocycles. The SMILES string of the molecule is CC(=O)c1ccc(C(=O)N2CCC(N3CC(=O)N(c4ccccc4)C3=O)CC2)s1. The number of likely N-dealkylation sites (tertiary alicyclic amines) is 1. The highest BCUT2D eigenvalue weighted by Gasteiger charge is 2.41. The van der Waals surface area contributed by atoms with Crippen molar-refractivity contribution in [2.75, 3.05) is 24.5 Å². The number of ketones is 1. The number of nitrogens with zero attached hydrogens (tertiary/aromatic N) is 3. The summed E-state index contributed by atoms with van der Waals surface area (Å²) in [6, 6.07) is 11.9. The van der Waals surface area contributed by atoms with Gasteiger partial charge in [-0.2, -0.15) is 0 Å². The van der Waals surface area contributed by atoms with Crippen molar-refractivity contribution >= 4 is 40.7 Å². The Bertz CT molecular complexity index is 963. The fraction of sp³-hybridized carbons (Fsp3) is 0.333. The maximum Gasteiger partial charge on any atom is 0.332 e. The zero-order chi connectivity index (χ0) is 20.5. The van der Waals surface area contributed by atoms with E-state index < -0.39 is 0 Å². The second kappa shape index (κ2) is 7.79. The Kier molecular flexibility index (Phi) is 5.19. The van der Waals surface area contributed by atoms with Gasteiger partial charge in [-0.15, -0.1) is 11.3 Å². The van der Waals surface area contributed by atoms with Gasteiger partial charge in [-0.05, 0) is 44.0 Å². The fourth-order valence-electron chi connectivity index (χ4n) is 3.81. The molecule has 2 fully saturated rings. The molecule has 7 nitrogen and oxygen atoms in total. The number of urea groups is 1. The number of Topliss-reactive ketones (excluding diaryl/α,β-unsaturated/α-hetero) is 1. The molecule has 150 valence electrons. The van der Waals surface area contributed by atoms with Gasteiger partial charge in [-0.3, -0.25) is 14.4 Å². The van der Waals surface area contributed by atoms with Gasteiger partial charge in [0.25, 0.3) is 11.8 Å². The van der Waals surface area contributed by atoms with Gasteiger partial charge < -0.3 is 9.80 Å². The molecule has 3 heterocycles. The lowest BCUT2D eigenvalue weighted by atomic mass is 10.0. The maximum atomic E-state index is 12.8. The van der Waals surface area contributed by atoms with Gasteiger partial charge in [0.1, 0.15) is 6.54 Å². The molecule has 2 aliphatic rings. The Balaban J connectivity index is 1.39. The number of carbonyl (C=O) groups is 4. The summed E-state index contributed by atoms with van der Waals surface area (Å²) in [4.78, 5) is 55.1. The molecular weight excluding hydrogens is 390 g/mol. The molecule has 0 bridgehead atoms. The van der Waals surface area contributed by atoms with Gasteiger partial charge in [0.05, 0.1) is 15.4 Å². The largest absolute Gasteiger partial charge is 0.338 e. The first kappa shape index (κ1) is 19.3. The van der Waals surface area contributed by atoms with E-state index >= 15 is 0 Å². The summed E-state index contributed by atoms with van der Waals surface area (Å²) in [7, 11) is 0. The Hall–Kier alpha value is -3.00. The summed E-state index contributed by atoms with van der Waals surface area (Å²) in [5.74, 6) is -0.362. The lowest BCUT2D eigenvalue weighted by Crippen LogP contribution is -2.48. The normalized spacial score (nSPS) is 17.9. The van der Waals surface area contributed by atoms with Gasteiger partial charge in [0, 0.05) is 19.1 Å². The predicted octanol–water partition coefficient (Wildman–Crippen LogP) is 3.02. The van der Waals surface area contributed by atoms with Crippen molar-refractivity contribution < 1.29 is 19.2 Å². The van der Waals surface area contributed by atoms with Crippen LogP contribution in [0.1, 0.15) is 39.1 Å². The summed E-state index contributed by atoms with van der Waals surface area (Å²) >= 11 is 1.21. The van der Waals surface area contributed by atoms with Crippen molar-refractivity contribution in [1.82, 2.24) is 9.80 Å². The van der Waals surface area contributed by atoms with E-state index in [9.17, 15) is 19.2 Å². The van der Waals surface area contributed by atoms with Crippen molar-refractivity contribution in [1.29, 1.82) is 0 Å². The number of imide groups is 1. The highest BCUT2D eigenvalue weighted by molar-refractivity contribution is 7.15. The second-order valence-electron chi connectivity index (χ2n) is 7.22. The predicted molar refractivity (Wildman–Crippen MR) is 109 cm³/mol. The van der Waals surface area contributed by atoms with Crippen LogP contribution in [-0.4, -0.2) is 59.1 Å². The van der Waals surface area contributed by atoms with E-state index in [0.29, 0.717) is 41.4 Å². The van der Waals surface area contributed by atoms with Gasteiger partial charge >= 0.3 is 6.03 Å². The van der Waals surface area contributed by atoms with Crippen molar-refractivity contribution in [3.63, 3.8) is 0 Å². The minimum absolute atomic E-state index is 0.0482. The quantitative estimate of drug-likeness (QED) is 0.572. The number of hydrogen-bond donors (Lipinski definition) is 0. The van der Waals surface area contributed by atoms with E-state index in [4.69, 9.17) is 0 Å². The fourth-order valence-corrected chi connectivity index (χ4v) is 4.68. The lowest BCUT2D eigenvalue weighted by molar-refractivity contribution is -0.116. The van der Waals surface area contributed by atoms with Crippen molar-refractivity contribution in [2.24, 2.45) is 0 Å². The molecule has 0 N–H and O–H groups in total. The summed E-state index contributed by atoms with van der Waals surface area (Å²) in [6.45, 7) is 2.58. The molecule has 2 aliphatic heterocycles. The number of anilines is 1. The molecule has 2 aromatic rings. The molecule has 1 aromatic heterocycles. The standard InChI is InChI=1S/C21H21N3O4S/c1-14(25)17-7-8-18(29-17)20(27)22-11-9-15(10-12-22)23-13-19(26)24(21(23)28)16-5-3-2-4-6-16/h2-8,15H,9-13H2,1H3. The van der Waals surface area contributed by atoms with E-state index in [-0.39, 0.29) is 36.2 Å². The first-order valence-corrected chi connectivity index (χ1v) is 10.4. The van der Waals surface area contributed by atoms with Crippen LogP contribution in [0.4, 0.5) is 10.5 Å². The van der Waals surface area contributed by atoms with Crippen LogP contribution < -0.4 is 4.90 Å². The lowest BCUT2D eigenvalue weighted by Gasteiger charge is -2.36. The van der Waals surface area contributed by atoms with E-state index in [1.165, 1.54) is 23.2 Å². The second-order valence-corrected chi connectivity index (χ2v) is 8.30. The topological polar surface area (TPSA) is 78.0 Å². The first-order valence-electron chi connectivity index (χ1n) is 9.54. The third kappa shape index (κ3) is 3.67. The van der Waals surface area contributed by atoms with Gasteiger partial charge in [-0.25, -0.2) is 9.69 Å². The molecule has 1 aromatic carbocycles. The average molecular weight is 411 g/mol. The highest BCUT2D eigenvalue weighted by atomic mass is 32.1. The van der Waals surface area contributed by atoms with Crippen LogP contribution in [0.5, 0.6) is 0 Å². The monoisotopic (exact) mass is 411 g/mol. The molecule has 29 heavy (non-hydrogen) atoms. The molecule has 8 heteroatoms. The third-order valence-electron chi connectivity index (χ3n) is 5.36. The summed E-state index contributed by atoms with van der Waals surface area (Å²) in [5.41, 5.74) is 0.580. The van der Waals surface area contributed by atoms with Crippen LogP contribution in [-0.2, 0) is 4.79 Å². The molecule has 0 atom stereocenters. The van der Waals surface area contributed by atoms with Gasteiger partial charge in [-0.1, -0.05) is 18.2 Å². The minimum Gasteiger partial charge on any atom is -0.338 e. The van der Waals surface area contributed by atoms with Crippen LogP contribution in [0.25, 0.3) is 0 Å². The molecular formula is C21H21N3O4S. The van der Waals surface area contributed by atoms with Crippen molar-refractivity contribution in [3.05, 3.63) is 52.2 Å². The number of carbonyl (C=O) groups excluding carboxylic acids is 4. The maximum absolute atomic E-state index is 12.8. The van der Waals surface area contributed by atoms with Gasteiger partial charge in [0.2, 0.25) is 0 Å². The van der Waals surface area contributed by atoms with E-state index in [2.05, 4.69) is 0 Å². The van der Waals surface area contributed by atoms with Gasteiger partial charge in [0.15, 0.2) is 5.78 Å². The Morgan fingerprint density at radius 2 is 1.62 bits per heavy atom. The molecule has 0 spiro atoms. The zero-order valence-corrected chi connectivity index (χ0v) is 16.9. The van der Waals surface area contributed by atoms with Crippen LogP contribution >= 0.6 is 11.3 Å². The molecule has 4 rings (SSSR count). The van der Waals surface area contributed by atoms with Crippen LogP contribution in [0.3, 0.4) is 0 Å². The summed E-state index contributed by atoms with van der Waals surface area (Å²) in [5, 5.41) is 0. The third-order valence-corrected chi connectivity index (χ3v) is 6.54. The number of hydrogen-bond acceptors (Lipinski definition) is 5. The molecule has 0 unspecified atom stereocenters. The number of para-hydroxylation sites is 1. The Morgan fingerprint density at radius 3 is 2.24 bits per heavy atom. The van der Waals surface area contributed by atoms with E-state index in [1.807, 2.05) is 6.07 Å². The molecule has 0 radical (unpaired) electrons. The Labute approximate surface area is 172 Å². The first-order chi connectivity index (χ1) is 14.0. The van der Waals surface area contributed by atoms with E-state index in [0.717, 1.165) is 0 Å². The smallest absolute Gasteiger partial charge is 0.332 e. The van der Waals surface area contributed by atoms with Crippen molar-refractivity contribution in [2.45, 2.75) is 25.8 Å². The van der Waals surface area contributed by atoms with Crippen LogP contribution in [0.15, 0.2) is 42.5 Å². The Morgan fingerprint density at radius 1 is 0.966 bits per heavy atom. The molecule has 0 saturated carbocycles. The number of piperidine rings is 1. The molecule has 0 aliphatic carbocycles. The minimum atomic E-state index is -0.296. The average Bonchev–Trinajstić information content (AvgIpc) is 3.33. The number of thiophene rings is 1. The van der Waals surface area contributed by atoms with Crippen LogP contribution in [0, 0.1) is 0 Å². The molecule has 4 amide bonds. The number of amides is 4. The number of benzene rings is 1. The van der Waals surface area contributed by atoms with Crippen molar-refractivity contribution in [3.8, 4) is 0 Å². The summed E-state index contributed by atoms with van der Waals surface area (Å²) in [6.07, 6.45) is 1.25. The van der Waals surface area contributed by atoms with Crippen LogP contribution in [0.2, 0.25) is 0 Å². The van der Waals surface area contributed by atoms with E-state index in [1.54, 1.807) is 46.2 Å². The number of rotatable bonds is 4. The zero-order valence-electron chi connectivity index (χ0n) is 16.0. The summed E-state index contributed by atoms with van der Waals surface area (Å²) < 4.78 is 0. The highest BCUT2D eigenvalue weighted by Crippen LogP contribution is 2.27.